The molecule has 0 aromatic heterocycles. The highest BCUT2D eigenvalue weighted by Crippen LogP contribution is 2.13. The average Bonchev–Trinajstić information content (AvgIpc) is 2.28. The molecule has 0 heterocycles. The van der Waals surface area contributed by atoms with Crippen LogP contribution in [0.2, 0.25) is 0 Å². The minimum atomic E-state index is -4.11. The average molecular weight is 259 g/mol. The van der Waals surface area contributed by atoms with Crippen LogP contribution in [0.4, 0.5) is 5.69 Å². The highest BCUT2D eigenvalue weighted by Gasteiger charge is 2.07. The van der Waals surface area contributed by atoms with Crippen LogP contribution in [-0.4, -0.2) is 39.1 Å². The van der Waals surface area contributed by atoms with Crippen molar-refractivity contribution in [1.29, 1.82) is 0 Å². The van der Waals surface area contributed by atoms with Gasteiger partial charge < -0.3 is 16.4 Å². The summed E-state index contributed by atoms with van der Waals surface area (Å²) in [4.78, 5) is -0.107. The van der Waals surface area contributed by atoms with Gasteiger partial charge in [0.05, 0.1) is 4.90 Å². The summed E-state index contributed by atoms with van der Waals surface area (Å²) >= 11 is 0. The van der Waals surface area contributed by atoms with Gasteiger partial charge in [-0.1, -0.05) is 0 Å². The van der Waals surface area contributed by atoms with Crippen LogP contribution in [0.1, 0.15) is 0 Å². The Labute approximate surface area is 101 Å². The van der Waals surface area contributed by atoms with E-state index in [-0.39, 0.29) is 4.90 Å². The van der Waals surface area contributed by atoms with Gasteiger partial charge in [-0.05, 0) is 24.3 Å². The number of benzene rings is 1. The number of nitrogens with two attached hydrogens (primary N) is 1. The Morgan fingerprint density at radius 3 is 2.29 bits per heavy atom. The minimum absolute atomic E-state index is 0.107. The highest BCUT2D eigenvalue weighted by atomic mass is 32.2. The SMILES string of the molecule is NCCNCCNc1ccc(S(=O)(=O)O)cc1. The van der Waals surface area contributed by atoms with E-state index in [1.807, 2.05) is 0 Å². The van der Waals surface area contributed by atoms with Crippen molar-refractivity contribution in [3.63, 3.8) is 0 Å². The Hall–Kier alpha value is -1.15. The molecule has 0 saturated heterocycles. The third-order valence-electron chi connectivity index (χ3n) is 2.10. The first kappa shape index (κ1) is 13.9. The highest BCUT2D eigenvalue weighted by molar-refractivity contribution is 7.85. The standard InChI is InChI=1S/C10H17N3O3S/c11-5-6-12-7-8-13-9-1-3-10(4-2-9)17(14,15)16/h1-4,12-13H,5-8,11H2,(H,14,15,16). The Balaban J connectivity index is 2.41. The molecule has 5 N–H and O–H groups in total. The third-order valence-corrected chi connectivity index (χ3v) is 2.97. The smallest absolute Gasteiger partial charge is 0.294 e. The molecule has 0 fully saturated rings. The van der Waals surface area contributed by atoms with Crippen LogP contribution in [0.15, 0.2) is 29.2 Å². The van der Waals surface area contributed by atoms with Crippen LogP contribution < -0.4 is 16.4 Å². The molecule has 0 aliphatic heterocycles. The van der Waals surface area contributed by atoms with E-state index in [2.05, 4.69) is 10.6 Å². The lowest BCUT2D eigenvalue weighted by molar-refractivity contribution is 0.483. The topological polar surface area (TPSA) is 104 Å². The lowest BCUT2D eigenvalue weighted by Gasteiger charge is -2.07. The van der Waals surface area contributed by atoms with E-state index in [9.17, 15) is 8.42 Å². The van der Waals surface area contributed by atoms with Gasteiger partial charge in [0.15, 0.2) is 0 Å². The van der Waals surface area contributed by atoms with Crippen LogP contribution in [0.5, 0.6) is 0 Å². The maximum absolute atomic E-state index is 10.8. The number of hydrogen-bond donors (Lipinski definition) is 4. The van der Waals surface area contributed by atoms with Crippen LogP contribution in [0.3, 0.4) is 0 Å². The van der Waals surface area contributed by atoms with E-state index in [4.69, 9.17) is 10.3 Å². The van der Waals surface area contributed by atoms with E-state index in [0.29, 0.717) is 13.1 Å². The van der Waals surface area contributed by atoms with Gasteiger partial charge >= 0.3 is 0 Å². The lowest BCUT2D eigenvalue weighted by Crippen LogP contribution is -2.27. The number of hydrogen-bond acceptors (Lipinski definition) is 5. The van der Waals surface area contributed by atoms with Gasteiger partial charge in [-0.25, -0.2) is 0 Å². The Kier molecular flexibility index (Phi) is 5.36. The Bertz CT molecular complexity index is 431. The quantitative estimate of drug-likeness (QED) is 0.402. The van der Waals surface area contributed by atoms with Crippen molar-refractivity contribution >= 4 is 15.8 Å². The minimum Gasteiger partial charge on any atom is -0.384 e. The van der Waals surface area contributed by atoms with Gasteiger partial charge in [0.1, 0.15) is 0 Å². The summed E-state index contributed by atoms with van der Waals surface area (Å²) in [6, 6.07) is 5.91. The molecule has 1 rings (SSSR count). The first-order valence-corrected chi connectivity index (χ1v) is 6.70. The summed E-state index contributed by atoms with van der Waals surface area (Å²) in [7, 11) is -4.11. The van der Waals surface area contributed by atoms with Gasteiger partial charge in [-0.15, -0.1) is 0 Å². The largest absolute Gasteiger partial charge is 0.384 e. The van der Waals surface area contributed by atoms with Crippen LogP contribution in [0, 0.1) is 0 Å². The van der Waals surface area contributed by atoms with Crippen molar-refractivity contribution in [3.05, 3.63) is 24.3 Å². The van der Waals surface area contributed by atoms with Gasteiger partial charge in [-0.3, -0.25) is 4.55 Å². The second kappa shape index (κ2) is 6.55. The molecule has 0 spiro atoms. The van der Waals surface area contributed by atoms with Crippen molar-refractivity contribution in [2.75, 3.05) is 31.5 Å². The number of rotatable bonds is 7. The second-order valence-corrected chi connectivity index (χ2v) is 4.89. The van der Waals surface area contributed by atoms with Crippen molar-refractivity contribution in [3.8, 4) is 0 Å². The summed E-state index contributed by atoms with van der Waals surface area (Å²) in [5.74, 6) is 0. The molecule has 0 aliphatic carbocycles. The molecule has 0 unspecified atom stereocenters. The van der Waals surface area contributed by atoms with E-state index in [1.54, 1.807) is 12.1 Å². The molecule has 17 heavy (non-hydrogen) atoms. The predicted octanol–water partition coefficient (Wildman–Crippen LogP) is -0.107. The molecular weight excluding hydrogens is 242 g/mol. The zero-order valence-corrected chi connectivity index (χ0v) is 10.2. The van der Waals surface area contributed by atoms with Gasteiger partial charge in [0, 0.05) is 31.9 Å². The molecule has 0 radical (unpaired) electrons. The second-order valence-electron chi connectivity index (χ2n) is 3.46. The molecule has 0 saturated carbocycles. The Morgan fingerprint density at radius 1 is 1.12 bits per heavy atom. The lowest BCUT2D eigenvalue weighted by atomic mass is 10.3. The zero-order chi connectivity index (χ0) is 12.7. The fourth-order valence-electron chi connectivity index (χ4n) is 1.27. The molecule has 1 aromatic carbocycles. The van der Waals surface area contributed by atoms with E-state index in [1.165, 1.54) is 12.1 Å². The third kappa shape index (κ3) is 5.14. The Morgan fingerprint density at radius 2 is 1.76 bits per heavy atom. The van der Waals surface area contributed by atoms with Crippen LogP contribution in [-0.2, 0) is 10.1 Å². The number of anilines is 1. The van der Waals surface area contributed by atoms with Crippen molar-refractivity contribution in [2.24, 2.45) is 5.73 Å². The van der Waals surface area contributed by atoms with Crippen LogP contribution in [0.25, 0.3) is 0 Å². The summed E-state index contributed by atoms with van der Waals surface area (Å²) in [5.41, 5.74) is 6.11. The van der Waals surface area contributed by atoms with E-state index < -0.39 is 10.1 Å². The first-order chi connectivity index (χ1) is 8.04. The first-order valence-electron chi connectivity index (χ1n) is 5.26. The van der Waals surface area contributed by atoms with Crippen molar-refractivity contribution in [1.82, 2.24) is 5.32 Å². The van der Waals surface area contributed by atoms with E-state index in [0.717, 1.165) is 18.8 Å². The molecule has 0 atom stereocenters. The zero-order valence-electron chi connectivity index (χ0n) is 9.39. The monoisotopic (exact) mass is 259 g/mol. The van der Waals surface area contributed by atoms with Gasteiger partial charge in [-0.2, -0.15) is 8.42 Å². The van der Waals surface area contributed by atoms with Crippen molar-refractivity contribution < 1.29 is 13.0 Å². The number of nitrogens with one attached hydrogen (secondary N) is 2. The van der Waals surface area contributed by atoms with Crippen molar-refractivity contribution in [2.45, 2.75) is 4.90 Å². The van der Waals surface area contributed by atoms with Gasteiger partial charge in [0.25, 0.3) is 10.1 Å². The molecule has 6 nitrogen and oxygen atoms in total. The summed E-state index contributed by atoms with van der Waals surface area (Å²) < 4.78 is 30.4. The van der Waals surface area contributed by atoms with E-state index >= 15 is 0 Å². The molecule has 0 amide bonds. The summed E-state index contributed by atoms with van der Waals surface area (Å²) in [6.07, 6.45) is 0. The molecule has 1 aromatic rings. The van der Waals surface area contributed by atoms with Crippen LogP contribution >= 0.6 is 0 Å². The fraction of sp³-hybridized carbons (Fsp3) is 0.400. The molecule has 0 aliphatic rings. The predicted molar refractivity (Wildman–Crippen MR) is 66.7 cm³/mol. The maximum Gasteiger partial charge on any atom is 0.294 e. The summed E-state index contributed by atoms with van der Waals surface area (Å²) in [6.45, 7) is 2.86. The molecule has 0 bridgehead atoms. The molecule has 96 valence electrons. The maximum atomic E-state index is 10.8. The summed E-state index contributed by atoms with van der Waals surface area (Å²) in [5, 5.41) is 6.22. The molecular formula is C10H17N3O3S. The molecule has 7 heteroatoms. The van der Waals surface area contributed by atoms with Gasteiger partial charge in [0.2, 0.25) is 0 Å². The fourth-order valence-corrected chi connectivity index (χ4v) is 1.75. The normalized spacial score (nSPS) is 11.4.